The van der Waals surface area contributed by atoms with E-state index in [0.717, 1.165) is 12.8 Å². The normalized spacial score (nSPS) is 14.7. The van der Waals surface area contributed by atoms with Crippen LogP contribution in [0, 0.1) is 13.8 Å². The molecule has 2 aliphatic rings. The highest BCUT2D eigenvalue weighted by Crippen LogP contribution is 2.48. The highest BCUT2D eigenvalue weighted by atomic mass is 15.0. The van der Waals surface area contributed by atoms with E-state index in [4.69, 9.17) is 0 Å². The molecule has 3 aromatic carbocycles. The molecule has 0 unspecified atom stereocenters. The highest BCUT2D eigenvalue weighted by molar-refractivity contribution is 6.06. The Labute approximate surface area is 136 Å². The van der Waals surface area contributed by atoms with Crippen molar-refractivity contribution in [3.63, 3.8) is 0 Å². The molecule has 5 rings (SSSR count). The minimum atomic E-state index is 0.928. The zero-order valence-corrected chi connectivity index (χ0v) is 13.8. The van der Waals surface area contributed by atoms with Gasteiger partial charge in [0, 0.05) is 6.21 Å². The molecule has 0 spiro atoms. The molecule has 1 heterocycles. The third-order valence-electron chi connectivity index (χ3n) is 5.62. The molecule has 1 aliphatic heterocycles. The molecule has 0 aromatic heterocycles. The molecule has 0 saturated carbocycles. The van der Waals surface area contributed by atoms with E-state index in [1.165, 1.54) is 55.4 Å². The molecule has 0 saturated heterocycles. The summed E-state index contributed by atoms with van der Waals surface area (Å²) in [7, 11) is 2.13. The Morgan fingerprint density at radius 2 is 1.57 bits per heavy atom. The molecule has 0 amide bonds. The fraction of sp³-hybridized carbons (Fsp3) is 0.227. The quantitative estimate of drug-likeness (QED) is 0.324. The molecule has 0 bridgehead atoms. The van der Waals surface area contributed by atoms with Crippen LogP contribution in [0.5, 0.6) is 0 Å². The van der Waals surface area contributed by atoms with E-state index < -0.39 is 0 Å². The molecule has 0 N–H and O–H groups in total. The summed E-state index contributed by atoms with van der Waals surface area (Å²) in [4.78, 5) is 0. The van der Waals surface area contributed by atoms with Crippen molar-refractivity contribution in [2.24, 2.45) is 0 Å². The van der Waals surface area contributed by atoms with Gasteiger partial charge in [0.05, 0.1) is 5.69 Å². The second kappa shape index (κ2) is 4.32. The summed E-state index contributed by atoms with van der Waals surface area (Å²) in [5.41, 5.74) is 11.4. The maximum Gasteiger partial charge on any atom is 0.105 e. The molecule has 23 heavy (non-hydrogen) atoms. The van der Waals surface area contributed by atoms with Crippen LogP contribution in [0.3, 0.4) is 0 Å². The summed E-state index contributed by atoms with van der Waals surface area (Å²) in [6.07, 6.45) is 5.43. The Bertz CT molecular complexity index is 1040. The van der Waals surface area contributed by atoms with Gasteiger partial charge in [0.1, 0.15) is 7.05 Å². The lowest BCUT2D eigenvalue weighted by atomic mass is 9.91. The van der Waals surface area contributed by atoms with Crippen LogP contribution >= 0.6 is 0 Å². The first-order chi connectivity index (χ1) is 11.1. The molecular formula is C22H19N. The largest absolute Gasteiger partial charge is 0.366 e. The van der Waals surface area contributed by atoms with Crippen LogP contribution in [0.2, 0.25) is 0 Å². The Morgan fingerprint density at radius 1 is 0.870 bits per heavy atom. The standard InChI is InChI=1S/C22H19N/c1-13-4-5-15-6-8-17-12-18-9-7-16-10-11-23(3)22(16)21(18)20(17)19(15)14(13)2/h4-9H,10,12H2,1-3H3. The second-order valence-corrected chi connectivity index (χ2v) is 6.88. The van der Waals surface area contributed by atoms with E-state index in [-0.39, 0.29) is 0 Å². The van der Waals surface area contributed by atoms with E-state index in [0.29, 0.717) is 0 Å². The van der Waals surface area contributed by atoms with E-state index in [2.05, 4.69) is 68.1 Å². The third-order valence-corrected chi connectivity index (χ3v) is 5.62. The Balaban J connectivity index is 1.98. The minimum Gasteiger partial charge on any atom is -0.366 e. The fourth-order valence-corrected chi connectivity index (χ4v) is 4.29. The van der Waals surface area contributed by atoms with Gasteiger partial charge in [-0.05, 0) is 70.8 Å². The summed E-state index contributed by atoms with van der Waals surface area (Å²) in [6.45, 7) is 4.48. The first kappa shape index (κ1) is 13.1. The zero-order valence-electron chi connectivity index (χ0n) is 13.8. The van der Waals surface area contributed by atoms with Crippen molar-refractivity contribution in [1.29, 1.82) is 0 Å². The smallest absolute Gasteiger partial charge is 0.105 e. The van der Waals surface area contributed by atoms with Crippen molar-refractivity contribution in [1.82, 2.24) is 0 Å². The number of hydrogen-bond donors (Lipinski definition) is 0. The lowest BCUT2D eigenvalue weighted by Crippen LogP contribution is -1.96. The van der Waals surface area contributed by atoms with Gasteiger partial charge in [-0.3, -0.25) is 0 Å². The average Bonchev–Trinajstić information content (AvgIpc) is 3.11. The number of aryl methyl sites for hydroxylation is 2. The molecule has 1 nitrogen and oxygen atoms in total. The van der Waals surface area contributed by atoms with Gasteiger partial charge < -0.3 is 4.58 Å². The van der Waals surface area contributed by atoms with Gasteiger partial charge in [-0.2, -0.15) is 0 Å². The lowest BCUT2D eigenvalue weighted by molar-refractivity contribution is -0.395. The molecule has 1 heteroatoms. The summed E-state index contributed by atoms with van der Waals surface area (Å²) >= 11 is 0. The number of rotatable bonds is 0. The molecule has 0 atom stereocenters. The molecule has 1 aliphatic carbocycles. The summed E-state index contributed by atoms with van der Waals surface area (Å²) in [6, 6.07) is 13.7. The number of fused-ring (bicyclic) bond motifs is 7. The van der Waals surface area contributed by atoms with Crippen molar-refractivity contribution in [3.8, 4) is 11.1 Å². The van der Waals surface area contributed by atoms with Crippen molar-refractivity contribution in [2.45, 2.75) is 26.7 Å². The van der Waals surface area contributed by atoms with Gasteiger partial charge in [0.25, 0.3) is 0 Å². The van der Waals surface area contributed by atoms with Crippen molar-refractivity contribution >= 4 is 22.7 Å². The number of hydrogen-bond acceptors (Lipinski definition) is 0. The van der Waals surface area contributed by atoms with Gasteiger partial charge in [-0.1, -0.05) is 42.0 Å². The maximum absolute atomic E-state index is 3.45. The second-order valence-electron chi connectivity index (χ2n) is 6.88. The van der Waals surface area contributed by atoms with Crippen LogP contribution in [0.1, 0.15) is 27.8 Å². The van der Waals surface area contributed by atoms with Crippen LogP contribution < -0.4 is 0 Å². The predicted octanol–water partition coefficient (Wildman–Crippen LogP) is 4.81. The van der Waals surface area contributed by atoms with E-state index >= 15 is 0 Å². The van der Waals surface area contributed by atoms with Crippen LogP contribution in [-0.4, -0.2) is 17.8 Å². The van der Waals surface area contributed by atoms with Crippen molar-refractivity contribution in [2.75, 3.05) is 7.05 Å². The zero-order chi connectivity index (χ0) is 15.7. The fourth-order valence-electron chi connectivity index (χ4n) is 4.29. The highest BCUT2D eigenvalue weighted by Gasteiger charge is 2.26. The molecule has 3 aromatic rings. The van der Waals surface area contributed by atoms with E-state index in [1.54, 1.807) is 0 Å². The van der Waals surface area contributed by atoms with Gasteiger partial charge >= 0.3 is 0 Å². The van der Waals surface area contributed by atoms with E-state index in [9.17, 15) is 0 Å². The van der Waals surface area contributed by atoms with Crippen LogP contribution in [0.4, 0.5) is 5.69 Å². The number of benzene rings is 3. The Hall–Kier alpha value is -2.41. The van der Waals surface area contributed by atoms with Gasteiger partial charge in [0.2, 0.25) is 0 Å². The average molecular weight is 297 g/mol. The third kappa shape index (κ3) is 1.60. The van der Waals surface area contributed by atoms with Crippen LogP contribution in [0.25, 0.3) is 21.9 Å². The first-order valence-corrected chi connectivity index (χ1v) is 8.29. The summed E-state index contributed by atoms with van der Waals surface area (Å²) < 4.78 is 2.20. The summed E-state index contributed by atoms with van der Waals surface area (Å²) in [5.74, 6) is 0. The molecule has 112 valence electrons. The topological polar surface area (TPSA) is 3.01 Å². The van der Waals surface area contributed by atoms with Crippen molar-refractivity contribution in [3.05, 3.63) is 64.2 Å². The SMILES string of the molecule is Cc1ccc2ccc3c(c2c1C)-c1c(ccc2c1[N+](C)=[C-]C2)C3. The van der Waals surface area contributed by atoms with Crippen LogP contribution in [0.15, 0.2) is 36.4 Å². The van der Waals surface area contributed by atoms with Gasteiger partial charge in [-0.25, -0.2) is 0 Å². The molecular weight excluding hydrogens is 278 g/mol. The van der Waals surface area contributed by atoms with E-state index in [1.807, 2.05) is 0 Å². The first-order valence-electron chi connectivity index (χ1n) is 8.29. The molecule has 0 fully saturated rings. The van der Waals surface area contributed by atoms with Crippen LogP contribution in [-0.2, 0) is 12.8 Å². The summed E-state index contributed by atoms with van der Waals surface area (Å²) in [5, 5.41) is 2.79. The molecule has 0 radical (unpaired) electrons. The number of nitrogens with zero attached hydrogens (tertiary/aromatic N) is 1. The monoisotopic (exact) mass is 297 g/mol. The van der Waals surface area contributed by atoms with Gasteiger partial charge in [-0.15, -0.1) is 0 Å². The Morgan fingerprint density at radius 3 is 2.43 bits per heavy atom. The van der Waals surface area contributed by atoms with Crippen molar-refractivity contribution < 1.29 is 4.58 Å². The van der Waals surface area contributed by atoms with Gasteiger partial charge in [0.15, 0.2) is 0 Å². The predicted molar refractivity (Wildman–Crippen MR) is 96.2 cm³/mol. The maximum atomic E-state index is 3.45. The lowest BCUT2D eigenvalue weighted by Gasteiger charge is -2.17. The minimum absolute atomic E-state index is 0.928. The Kier molecular flexibility index (Phi) is 2.45.